The molecular formula is C13H18O2. The van der Waals surface area contributed by atoms with Crippen LogP contribution in [0.3, 0.4) is 0 Å². The van der Waals surface area contributed by atoms with Gasteiger partial charge in [-0.1, -0.05) is 37.3 Å². The largest absolute Gasteiger partial charge is 0.374 e. The topological polar surface area (TPSA) is 18.5 Å². The van der Waals surface area contributed by atoms with Gasteiger partial charge in [0.15, 0.2) is 0 Å². The molecule has 1 aliphatic rings. The van der Waals surface area contributed by atoms with Crippen molar-refractivity contribution < 1.29 is 9.47 Å². The SMILES string of the molecule is CCC1(COCc2ccccc2)CCO1. The van der Waals surface area contributed by atoms with Gasteiger partial charge in [-0.05, 0) is 12.0 Å². The van der Waals surface area contributed by atoms with E-state index in [2.05, 4.69) is 19.1 Å². The fraction of sp³-hybridized carbons (Fsp3) is 0.538. The fourth-order valence-electron chi connectivity index (χ4n) is 1.81. The molecule has 1 unspecified atom stereocenters. The van der Waals surface area contributed by atoms with Crippen LogP contribution >= 0.6 is 0 Å². The Kier molecular flexibility index (Phi) is 3.39. The van der Waals surface area contributed by atoms with Crippen LogP contribution in [-0.2, 0) is 16.1 Å². The zero-order valence-electron chi connectivity index (χ0n) is 9.24. The van der Waals surface area contributed by atoms with Crippen LogP contribution in [0.1, 0.15) is 25.3 Å². The minimum atomic E-state index is 0.0226. The van der Waals surface area contributed by atoms with E-state index in [0.29, 0.717) is 6.61 Å². The first-order valence-corrected chi connectivity index (χ1v) is 5.60. The van der Waals surface area contributed by atoms with E-state index in [1.807, 2.05) is 18.2 Å². The first-order valence-electron chi connectivity index (χ1n) is 5.60. The van der Waals surface area contributed by atoms with Crippen LogP contribution in [0.2, 0.25) is 0 Å². The molecule has 0 saturated carbocycles. The van der Waals surface area contributed by atoms with Gasteiger partial charge < -0.3 is 9.47 Å². The Balaban J connectivity index is 1.75. The molecule has 2 heteroatoms. The highest BCUT2D eigenvalue weighted by atomic mass is 16.6. The van der Waals surface area contributed by atoms with E-state index in [0.717, 1.165) is 26.1 Å². The number of rotatable bonds is 5. The van der Waals surface area contributed by atoms with Crippen molar-refractivity contribution in [1.82, 2.24) is 0 Å². The maximum Gasteiger partial charge on any atom is 0.0934 e. The van der Waals surface area contributed by atoms with Crippen LogP contribution in [0.5, 0.6) is 0 Å². The van der Waals surface area contributed by atoms with Gasteiger partial charge in [0.05, 0.1) is 25.4 Å². The predicted octanol–water partition coefficient (Wildman–Crippen LogP) is 2.77. The molecule has 82 valence electrons. The standard InChI is InChI=1S/C13H18O2/c1-2-13(8-9-15-13)11-14-10-12-6-4-3-5-7-12/h3-7H,2,8-11H2,1H3. The van der Waals surface area contributed by atoms with Gasteiger partial charge in [-0.15, -0.1) is 0 Å². The molecule has 0 bridgehead atoms. The molecule has 0 aromatic heterocycles. The highest BCUT2D eigenvalue weighted by Gasteiger charge is 2.36. The summed E-state index contributed by atoms with van der Waals surface area (Å²) >= 11 is 0. The molecule has 2 nitrogen and oxygen atoms in total. The Labute approximate surface area is 91.2 Å². The summed E-state index contributed by atoms with van der Waals surface area (Å²) in [4.78, 5) is 0. The van der Waals surface area contributed by atoms with Gasteiger partial charge in [-0.2, -0.15) is 0 Å². The van der Waals surface area contributed by atoms with E-state index in [9.17, 15) is 0 Å². The first kappa shape index (κ1) is 10.7. The summed E-state index contributed by atoms with van der Waals surface area (Å²) in [5.74, 6) is 0. The van der Waals surface area contributed by atoms with Crippen LogP contribution < -0.4 is 0 Å². The molecule has 0 spiro atoms. The zero-order valence-corrected chi connectivity index (χ0v) is 9.24. The Morgan fingerprint density at radius 3 is 2.60 bits per heavy atom. The maximum atomic E-state index is 5.69. The van der Waals surface area contributed by atoms with E-state index < -0.39 is 0 Å². The lowest BCUT2D eigenvalue weighted by Gasteiger charge is -2.40. The molecule has 1 saturated heterocycles. The van der Waals surface area contributed by atoms with Gasteiger partial charge in [0.25, 0.3) is 0 Å². The number of benzene rings is 1. The molecule has 0 radical (unpaired) electrons. The van der Waals surface area contributed by atoms with Gasteiger partial charge in [0.1, 0.15) is 0 Å². The van der Waals surface area contributed by atoms with Gasteiger partial charge in [-0.3, -0.25) is 0 Å². The molecule has 1 fully saturated rings. The van der Waals surface area contributed by atoms with Gasteiger partial charge in [0.2, 0.25) is 0 Å². The van der Waals surface area contributed by atoms with E-state index in [1.165, 1.54) is 5.56 Å². The molecule has 1 atom stereocenters. The fourth-order valence-corrected chi connectivity index (χ4v) is 1.81. The van der Waals surface area contributed by atoms with Gasteiger partial charge in [0, 0.05) is 6.42 Å². The van der Waals surface area contributed by atoms with Gasteiger partial charge in [-0.25, -0.2) is 0 Å². The van der Waals surface area contributed by atoms with Crippen molar-refractivity contribution in [3.8, 4) is 0 Å². The lowest BCUT2D eigenvalue weighted by atomic mass is 9.93. The average Bonchev–Trinajstić information content (AvgIpc) is 2.24. The third-order valence-corrected chi connectivity index (χ3v) is 3.09. The highest BCUT2D eigenvalue weighted by molar-refractivity contribution is 5.13. The normalized spacial score (nSPS) is 24.9. The number of ether oxygens (including phenoxy) is 2. The molecule has 0 N–H and O–H groups in total. The quantitative estimate of drug-likeness (QED) is 0.737. The zero-order chi connectivity index (χ0) is 10.6. The second-order valence-corrected chi connectivity index (χ2v) is 4.11. The minimum Gasteiger partial charge on any atom is -0.374 e. The van der Waals surface area contributed by atoms with Crippen molar-refractivity contribution in [3.63, 3.8) is 0 Å². The minimum absolute atomic E-state index is 0.0226. The summed E-state index contributed by atoms with van der Waals surface area (Å²) < 4.78 is 11.3. The number of hydrogen-bond donors (Lipinski definition) is 0. The summed E-state index contributed by atoms with van der Waals surface area (Å²) in [6, 6.07) is 10.3. The lowest BCUT2D eigenvalue weighted by molar-refractivity contribution is -0.184. The molecular weight excluding hydrogens is 188 g/mol. The average molecular weight is 206 g/mol. The van der Waals surface area contributed by atoms with Crippen molar-refractivity contribution in [1.29, 1.82) is 0 Å². The summed E-state index contributed by atoms with van der Waals surface area (Å²) in [5.41, 5.74) is 1.25. The molecule has 1 heterocycles. The Morgan fingerprint density at radius 1 is 1.33 bits per heavy atom. The Bertz CT molecular complexity index is 285. The van der Waals surface area contributed by atoms with Gasteiger partial charge >= 0.3 is 0 Å². The summed E-state index contributed by atoms with van der Waals surface area (Å²) in [6.45, 7) is 4.46. The van der Waals surface area contributed by atoms with E-state index in [1.54, 1.807) is 0 Å². The highest BCUT2D eigenvalue weighted by Crippen LogP contribution is 2.30. The van der Waals surface area contributed by atoms with Crippen LogP contribution in [-0.4, -0.2) is 18.8 Å². The summed E-state index contributed by atoms with van der Waals surface area (Å²) in [6.07, 6.45) is 2.18. The number of hydrogen-bond acceptors (Lipinski definition) is 2. The Morgan fingerprint density at radius 2 is 2.07 bits per heavy atom. The molecule has 15 heavy (non-hydrogen) atoms. The molecule has 1 aromatic carbocycles. The van der Waals surface area contributed by atoms with Crippen molar-refractivity contribution in [2.45, 2.75) is 32.0 Å². The molecule has 0 amide bonds. The van der Waals surface area contributed by atoms with E-state index in [-0.39, 0.29) is 5.60 Å². The van der Waals surface area contributed by atoms with Crippen LogP contribution in [0.4, 0.5) is 0 Å². The monoisotopic (exact) mass is 206 g/mol. The summed E-state index contributed by atoms with van der Waals surface area (Å²) in [7, 11) is 0. The Hall–Kier alpha value is -0.860. The van der Waals surface area contributed by atoms with E-state index in [4.69, 9.17) is 9.47 Å². The third kappa shape index (κ3) is 2.58. The first-order chi connectivity index (χ1) is 7.35. The van der Waals surface area contributed by atoms with Crippen LogP contribution in [0.25, 0.3) is 0 Å². The van der Waals surface area contributed by atoms with Crippen LogP contribution in [0, 0.1) is 0 Å². The maximum absolute atomic E-state index is 5.69. The second-order valence-electron chi connectivity index (χ2n) is 4.11. The van der Waals surface area contributed by atoms with Crippen LogP contribution in [0.15, 0.2) is 30.3 Å². The molecule has 0 aliphatic carbocycles. The van der Waals surface area contributed by atoms with Crippen molar-refractivity contribution >= 4 is 0 Å². The predicted molar refractivity (Wildman–Crippen MR) is 59.7 cm³/mol. The van der Waals surface area contributed by atoms with Crippen molar-refractivity contribution in [2.75, 3.05) is 13.2 Å². The van der Waals surface area contributed by atoms with Crippen molar-refractivity contribution in [3.05, 3.63) is 35.9 Å². The second kappa shape index (κ2) is 4.77. The summed E-state index contributed by atoms with van der Waals surface area (Å²) in [5, 5.41) is 0. The van der Waals surface area contributed by atoms with E-state index >= 15 is 0 Å². The molecule has 1 aliphatic heterocycles. The lowest BCUT2D eigenvalue weighted by Crippen LogP contribution is -2.47. The molecule has 1 aromatic rings. The smallest absolute Gasteiger partial charge is 0.0934 e. The third-order valence-electron chi connectivity index (χ3n) is 3.09. The molecule has 2 rings (SSSR count). The van der Waals surface area contributed by atoms with Crippen molar-refractivity contribution in [2.24, 2.45) is 0 Å².